The van der Waals surface area contributed by atoms with Crippen molar-refractivity contribution in [3.63, 3.8) is 0 Å². The standard InChI is InChI=1S/C16H32N2O/c1-4-18(10-15-6-5-7-15)12-16(8-9-19-13-16)11-17-14(2)3/h14-15,17H,4-13H2,1-3H3. The van der Waals surface area contributed by atoms with Gasteiger partial charge in [0, 0.05) is 37.7 Å². The van der Waals surface area contributed by atoms with Crippen LogP contribution in [0.25, 0.3) is 0 Å². The molecular formula is C16H32N2O. The number of hydrogen-bond acceptors (Lipinski definition) is 3. The Morgan fingerprint density at radius 3 is 2.63 bits per heavy atom. The van der Waals surface area contributed by atoms with Crippen LogP contribution in [0.1, 0.15) is 46.5 Å². The Morgan fingerprint density at radius 1 is 1.37 bits per heavy atom. The van der Waals surface area contributed by atoms with Crippen molar-refractivity contribution in [2.45, 2.75) is 52.5 Å². The van der Waals surface area contributed by atoms with Crippen LogP contribution >= 0.6 is 0 Å². The van der Waals surface area contributed by atoms with Crippen molar-refractivity contribution in [3.05, 3.63) is 0 Å². The number of hydrogen-bond donors (Lipinski definition) is 1. The van der Waals surface area contributed by atoms with Gasteiger partial charge in [-0.3, -0.25) is 0 Å². The molecule has 3 heteroatoms. The van der Waals surface area contributed by atoms with E-state index < -0.39 is 0 Å². The highest BCUT2D eigenvalue weighted by molar-refractivity contribution is 4.89. The van der Waals surface area contributed by atoms with Gasteiger partial charge in [0.1, 0.15) is 0 Å². The van der Waals surface area contributed by atoms with Crippen LogP contribution in [0.3, 0.4) is 0 Å². The summed E-state index contributed by atoms with van der Waals surface area (Å²) in [5.74, 6) is 0.970. The predicted octanol–water partition coefficient (Wildman–Crippen LogP) is 2.51. The second-order valence-electron chi connectivity index (χ2n) is 6.96. The molecule has 0 bridgehead atoms. The minimum absolute atomic E-state index is 0.351. The molecular weight excluding hydrogens is 236 g/mol. The third-order valence-electron chi connectivity index (χ3n) is 4.82. The van der Waals surface area contributed by atoms with Crippen molar-refractivity contribution in [1.29, 1.82) is 0 Å². The summed E-state index contributed by atoms with van der Waals surface area (Å²) in [6, 6.07) is 0.569. The van der Waals surface area contributed by atoms with E-state index >= 15 is 0 Å². The summed E-state index contributed by atoms with van der Waals surface area (Å²) in [5.41, 5.74) is 0.351. The summed E-state index contributed by atoms with van der Waals surface area (Å²) >= 11 is 0. The average molecular weight is 268 g/mol. The maximum Gasteiger partial charge on any atom is 0.0547 e. The van der Waals surface area contributed by atoms with E-state index in [1.54, 1.807) is 0 Å². The van der Waals surface area contributed by atoms with Gasteiger partial charge in [0.05, 0.1) is 6.61 Å². The Morgan fingerprint density at radius 2 is 2.16 bits per heavy atom. The number of rotatable bonds is 8. The number of nitrogens with one attached hydrogen (secondary N) is 1. The highest BCUT2D eigenvalue weighted by atomic mass is 16.5. The molecule has 0 radical (unpaired) electrons. The van der Waals surface area contributed by atoms with Crippen molar-refractivity contribution in [3.8, 4) is 0 Å². The lowest BCUT2D eigenvalue weighted by Crippen LogP contribution is -2.47. The predicted molar refractivity (Wildman–Crippen MR) is 80.5 cm³/mol. The van der Waals surface area contributed by atoms with Gasteiger partial charge in [-0.1, -0.05) is 27.2 Å². The molecule has 3 nitrogen and oxygen atoms in total. The highest BCUT2D eigenvalue weighted by Gasteiger charge is 2.37. The van der Waals surface area contributed by atoms with Gasteiger partial charge in [-0.2, -0.15) is 0 Å². The fourth-order valence-corrected chi connectivity index (χ4v) is 3.21. The Labute approximate surface area is 119 Å². The minimum Gasteiger partial charge on any atom is -0.381 e. The largest absolute Gasteiger partial charge is 0.381 e. The van der Waals surface area contributed by atoms with Gasteiger partial charge in [-0.05, 0) is 31.7 Å². The molecule has 1 unspecified atom stereocenters. The van der Waals surface area contributed by atoms with Crippen LogP contribution in [-0.2, 0) is 4.74 Å². The smallest absolute Gasteiger partial charge is 0.0547 e. The zero-order valence-corrected chi connectivity index (χ0v) is 13.1. The first-order valence-electron chi connectivity index (χ1n) is 8.17. The second kappa shape index (κ2) is 7.05. The summed E-state index contributed by atoms with van der Waals surface area (Å²) in [6.45, 7) is 13.4. The summed E-state index contributed by atoms with van der Waals surface area (Å²) in [7, 11) is 0. The Hall–Kier alpha value is -0.120. The molecule has 2 fully saturated rings. The number of ether oxygens (including phenoxy) is 1. The summed E-state index contributed by atoms with van der Waals surface area (Å²) in [4.78, 5) is 2.67. The molecule has 2 aliphatic rings. The van der Waals surface area contributed by atoms with Crippen LogP contribution in [0.2, 0.25) is 0 Å². The van der Waals surface area contributed by atoms with E-state index in [0.29, 0.717) is 11.5 Å². The van der Waals surface area contributed by atoms with Crippen LogP contribution < -0.4 is 5.32 Å². The fraction of sp³-hybridized carbons (Fsp3) is 1.00. The molecule has 1 aliphatic heterocycles. The molecule has 1 atom stereocenters. The molecule has 1 N–H and O–H groups in total. The Bertz CT molecular complexity index is 257. The third-order valence-corrected chi connectivity index (χ3v) is 4.82. The van der Waals surface area contributed by atoms with Gasteiger partial charge in [0.15, 0.2) is 0 Å². The van der Waals surface area contributed by atoms with E-state index in [2.05, 4.69) is 31.0 Å². The zero-order chi connectivity index (χ0) is 13.7. The third kappa shape index (κ3) is 4.44. The Balaban J connectivity index is 1.86. The Kier molecular flexibility index (Phi) is 5.67. The molecule has 2 rings (SSSR count). The first kappa shape index (κ1) is 15.3. The van der Waals surface area contributed by atoms with Gasteiger partial charge in [0.25, 0.3) is 0 Å². The lowest BCUT2D eigenvalue weighted by molar-refractivity contribution is 0.0903. The van der Waals surface area contributed by atoms with Gasteiger partial charge in [-0.15, -0.1) is 0 Å². The first-order chi connectivity index (χ1) is 9.13. The molecule has 0 aromatic heterocycles. The molecule has 0 spiro atoms. The quantitative estimate of drug-likeness (QED) is 0.732. The topological polar surface area (TPSA) is 24.5 Å². The van der Waals surface area contributed by atoms with Crippen molar-refractivity contribution in [1.82, 2.24) is 10.2 Å². The first-order valence-corrected chi connectivity index (χ1v) is 8.17. The average Bonchev–Trinajstić information content (AvgIpc) is 2.79. The van der Waals surface area contributed by atoms with Crippen LogP contribution in [0.5, 0.6) is 0 Å². The van der Waals surface area contributed by atoms with E-state index in [4.69, 9.17) is 4.74 Å². The highest BCUT2D eigenvalue weighted by Crippen LogP contribution is 2.32. The molecule has 1 saturated heterocycles. The molecule has 1 heterocycles. The molecule has 0 aromatic carbocycles. The SMILES string of the molecule is CCN(CC1CCC1)CC1(CNC(C)C)CCOC1. The van der Waals surface area contributed by atoms with Crippen molar-refractivity contribution < 1.29 is 4.74 Å². The molecule has 0 aromatic rings. The van der Waals surface area contributed by atoms with Crippen LogP contribution in [0, 0.1) is 11.3 Å². The lowest BCUT2D eigenvalue weighted by atomic mass is 9.83. The van der Waals surface area contributed by atoms with E-state index in [1.807, 2.05) is 0 Å². The second-order valence-corrected chi connectivity index (χ2v) is 6.96. The minimum atomic E-state index is 0.351. The maximum atomic E-state index is 5.72. The van der Waals surface area contributed by atoms with Crippen molar-refractivity contribution in [2.24, 2.45) is 11.3 Å². The molecule has 112 valence electrons. The normalized spacial score (nSPS) is 28.3. The molecule has 19 heavy (non-hydrogen) atoms. The van der Waals surface area contributed by atoms with Crippen molar-refractivity contribution in [2.75, 3.05) is 39.4 Å². The van der Waals surface area contributed by atoms with Gasteiger partial charge >= 0.3 is 0 Å². The van der Waals surface area contributed by atoms with Crippen molar-refractivity contribution >= 4 is 0 Å². The fourth-order valence-electron chi connectivity index (χ4n) is 3.21. The summed E-state index contributed by atoms with van der Waals surface area (Å²) in [6.07, 6.45) is 5.56. The van der Waals surface area contributed by atoms with Crippen LogP contribution in [0.4, 0.5) is 0 Å². The van der Waals surface area contributed by atoms with Crippen LogP contribution in [0.15, 0.2) is 0 Å². The summed E-state index contributed by atoms with van der Waals surface area (Å²) in [5, 5.41) is 3.63. The molecule has 0 amide bonds. The van der Waals surface area contributed by atoms with E-state index in [0.717, 1.165) is 25.7 Å². The van der Waals surface area contributed by atoms with Gasteiger partial charge in [-0.25, -0.2) is 0 Å². The molecule has 1 saturated carbocycles. The van der Waals surface area contributed by atoms with Crippen LogP contribution in [-0.4, -0.2) is 50.3 Å². The number of nitrogens with zero attached hydrogens (tertiary/aromatic N) is 1. The zero-order valence-electron chi connectivity index (χ0n) is 13.1. The monoisotopic (exact) mass is 268 g/mol. The van der Waals surface area contributed by atoms with Gasteiger partial charge in [0.2, 0.25) is 0 Å². The molecule has 1 aliphatic carbocycles. The maximum absolute atomic E-state index is 5.72. The van der Waals surface area contributed by atoms with E-state index in [9.17, 15) is 0 Å². The van der Waals surface area contributed by atoms with E-state index in [1.165, 1.54) is 45.3 Å². The van der Waals surface area contributed by atoms with E-state index in [-0.39, 0.29) is 0 Å². The van der Waals surface area contributed by atoms with Gasteiger partial charge < -0.3 is 15.0 Å². The summed E-state index contributed by atoms with van der Waals surface area (Å²) < 4.78 is 5.72. The lowest BCUT2D eigenvalue weighted by Gasteiger charge is -2.38.